The fourth-order valence-corrected chi connectivity index (χ4v) is 3.18. The lowest BCUT2D eigenvalue weighted by atomic mass is 10.1. The Labute approximate surface area is 122 Å². The third-order valence-electron chi connectivity index (χ3n) is 3.31. The summed E-state index contributed by atoms with van der Waals surface area (Å²) in [6.07, 6.45) is 0. The molecule has 2 unspecified atom stereocenters. The van der Waals surface area contributed by atoms with Gasteiger partial charge >= 0.3 is 12.0 Å². The molecule has 2 amide bonds. The van der Waals surface area contributed by atoms with E-state index < -0.39 is 12.0 Å². The lowest BCUT2D eigenvalue weighted by Gasteiger charge is -2.33. The number of hydrogen-bond donors (Lipinski definition) is 2. The summed E-state index contributed by atoms with van der Waals surface area (Å²) in [5.74, 6) is 0.277. The van der Waals surface area contributed by atoms with E-state index in [1.165, 1.54) is 4.90 Å². The fourth-order valence-electron chi connectivity index (χ4n) is 2.14. The molecule has 1 fully saturated rings. The molecular formula is C14H18N2O3S. The standard InChI is InChI=1S/C14H18N2O3S/c1-10(11-5-3-2-4-6-11)15-14(19)16-7-8-20-9-12(16)13(17)18/h2-6,10,12H,7-9H2,1H3,(H,15,19)(H,17,18). The molecule has 1 saturated heterocycles. The molecule has 1 aliphatic heterocycles. The maximum absolute atomic E-state index is 12.2. The molecule has 20 heavy (non-hydrogen) atoms. The topological polar surface area (TPSA) is 69.6 Å². The SMILES string of the molecule is CC(NC(=O)N1CCSCC1C(=O)O)c1ccccc1. The molecular weight excluding hydrogens is 276 g/mol. The van der Waals surface area contributed by atoms with Crippen molar-refractivity contribution in [3.05, 3.63) is 35.9 Å². The number of carboxylic acids is 1. The second-order valence-electron chi connectivity index (χ2n) is 4.70. The first-order valence-electron chi connectivity index (χ1n) is 6.52. The maximum Gasteiger partial charge on any atom is 0.327 e. The van der Waals surface area contributed by atoms with Gasteiger partial charge in [-0.3, -0.25) is 0 Å². The minimum atomic E-state index is -0.945. The van der Waals surface area contributed by atoms with Gasteiger partial charge in [-0.1, -0.05) is 30.3 Å². The molecule has 0 radical (unpaired) electrons. The number of carboxylic acid groups (broad SMARTS) is 1. The Morgan fingerprint density at radius 2 is 2.10 bits per heavy atom. The van der Waals surface area contributed by atoms with Crippen molar-refractivity contribution in [2.75, 3.05) is 18.1 Å². The molecule has 1 aliphatic rings. The number of rotatable bonds is 3. The van der Waals surface area contributed by atoms with Gasteiger partial charge < -0.3 is 15.3 Å². The normalized spacial score (nSPS) is 20.2. The molecule has 108 valence electrons. The van der Waals surface area contributed by atoms with Crippen LogP contribution in [0.4, 0.5) is 4.79 Å². The number of nitrogens with one attached hydrogen (secondary N) is 1. The van der Waals surface area contributed by atoms with Crippen molar-refractivity contribution >= 4 is 23.8 Å². The van der Waals surface area contributed by atoms with Gasteiger partial charge in [-0.25, -0.2) is 9.59 Å². The first-order chi connectivity index (χ1) is 9.59. The van der Waals surface area contributed by atoms with Crippen LogP contribution in [0.5, 0.6) is 0 Å². The lowest BCUT2D eigenvalue weighted by molar-refractivity contribution is -0.141. The first kappa shape index (κ1) is 14.7. The molecule has 2 rings (SSSR count). The number of hydrogen-bond acceptors (Lipinski definition) is 3. The number of benzene rings is 1. The smallest absolute Gasteiger partial charge is 0.327 e. The highest BCUT2D eigenvalue weighted by atomic mass is 32.2. The summed E-state index contributed by atoms with van der Waals surface area (Å²) in [6.45, 7) is 2.36. The van der Waals surface area contributed by atoms with Crippen LogP contribution >= 0.6 is 11.8 Å². The number of carbonyl (C=O) groups excluding carboxylic acids is 1. The van der Waals surface area contributed by atoms with Crippen molar-refractivity contribution in [2.45, 2.75) is 19.0 Å². The van der Waals surface area contributed by atoms with Gasteiger partial charge in [0.1, 0.15) is 6.04 Å². The zero-order chi connectivity index (χ0) is 14.5. The minimum Gasteiger partial charge on any atom is -0.480 e. The Morgan fingerprint density at radius 3 is 2.75 bits per heavy atom. The molecule has 0 bridgehead atoms. The second-order valence-corrected chi connectivity index (χ2v) is 5.85. The zero-order valence-electron chi connectivity index (χ0n) is 11.3. The molecule has 1 aromatic carbocycles. The van der Waals surface area contributed by atoms with E-state index in [2.05, 4.69) is 5.32 Å². The third kappa shape index (κ3) is 3.45. The van der Waals surface area contributed by atoms with E-state index >= 15 is 0 Å². The van der Waals surface area contributed by atoms with E-state index in [0.29, 0.717) is 12.3 Å². The average molecular weight is 294 g/mol. The molecule has 0 aromatic heterocycles. The van der Waals surface area contributed by atoms with E-state index in [0.717, 1.165) is 11.3 Å². The van der Waals surface area contributed by atoms with E-state index in [4.69, 9.17) is 0 Å². The van der Waals surface area contributed by atoms with Crippen LogP contribution in [-0.2, 0) is 4.79 Å². The Balaban J connectivity index is 2.01. The van der Waals surface area contributed by atoms with Gasteiger partial charge in [-0.15, -0.1) is 0 Å². The Bertz CT molecular complexity index is 481. The number of thioether (sulfide) groups is 1. The molecule has 0 saturated carbocycles. The van der Waals surface area contributed by atoms with Gasteiger partial charge in [-0.2, -0.15) is 11.8 Å². The molecule has 0 spiro atoms. The van der Waals surface area contributed by atoms with Gasteiger partial charge in [-0.05, 0) is 12.5 Å². The van der Waals surface area contributed by atoms with Crippen LogP contribution < -0.4 is 5.32 Å². The van der Waals surface area contributed by atoms with E-state index in [1.54, 1.807) is 11.8 Å². The van der Waals surface area contributed by atoms with Gasteiger partial charge in [0.15, 0.2) is 0 Å². The van der Waals surface area contributed by atoms with Crippen LogP contribution in [0.1, 0.15) is 18.5 Å². The summed E-state index contributed by atoms with van der Waals surface area (Å²) in [7, 11) is 0. The highest BCUT2D eigenvalue weighted by Gasteiger charge is 2.32. The first-order valence-corrected chi connectivity index (χ1v) is 7.67. The summed E-state index contributed by atoms with van der Waals surface area (Å²) in [5.41, 5.74) is 0.999. The molecule has 5 nitrogen and oxygen atoms in total. The van der Waals surface area contributed by atoms with Crippen molar-refractivity contribution in [3.8, 4) is 0 Å². The summed E-state index contributed by atoms with van der Waals surface area (Å²) in [5, 5.41) is 12.0. The van der Waals surface area contributed by atoms with Crippen LogP contribution in [-0.4, -0.2) is 46.1 Å². The summed E-state index contributed by atoms with van der Waals surface area (Å²) in [6, 6.07) is 8.42. The quantitative estimate of drug-likeness (QED) is 0.894. The second kappa shape index (κ2) is 6.65. The monoisotopic (exact) mass is 294 g/mol. The van der Waals surface area contributed by atoms with Crippen molar-refractivity contribution in [1.82, 2.24) is 10.2 Å². The van der Waals surface area contributed by atoms with Crippen molar-refractivity contribution in [3.63, 3.8) is 0 Å². The van der Waals surface area contributed by atoms with Crippen molar-refractivity contribution in [2.24, 2.45) is 0 Å². The van der Waals surface area contributed by atoms with Crippen LogP contribution in [0.25, 0.3) is 0 Å². The molecule has 0 aliphatic carbocycles. The van der Waals surface area contributed by atoms with Gasteiger partial charge in [0, 0.05) is 18.1 Å². The third-order valence-corrected chi connectivity index (χ3v) is 4.34. The van der Waals surface area contributed by atoms with Crippen LogP contribution in [0.2, 0.25) is 0 Å². The largest absolute Gasteiger partial charge is 0.480 e. The number of aliphatic carboxylic acids is 1. The highest BCUT2D eigenvalue weighted by molar-refractivity contribution is 7.99. The van der Waals surface area contributed by atoms with Crippen LogP contribution in [0.3, 0.4) is 0 Å². The van der Waals surface area contributed by atoms with E-state index in [9.17, 15) is 14.7 Å². The van der Waals surface area contributed by atoms with Crippen molar-refractivity contribution < 1.29 is 14.7 Å². The van der Waals surface area contributed by atoms with Crippen molar-refractivity contribution in [1.29, 1.82) is 0 Å². The zero-order valence-corrected chi connectivity index (χ0v) is 12.1. The Kier molecular flexibility index (Phi) is 4.89. The Morgan fingerprint density at radius 1 is 1.40 bits per heavy atom. The van der Waals surface area contributed by atoms with Crippen LogP contribution in [0.15, 0.2) is 30.3 Å². The predicted octanol–water partition coefficient (Wildman–Crippen LogP) is 1.96. The van der Waals surface area contributed by atoms with Gasteiger partial charge in [0.2, 0.25) is 0 Å². The maximum atomic E-state index is 12.2. The molecule has 2 N–H and O–H groups in total. The molecule has 6 heteroatoms. The minimum absolute atomic E-state index is 0.146. The Hall–Kier alpha value is -1.69. The average Bonchev–Trinajstić information content (AvgIpc) is 2.48. The van der Waals surface area contributed by atoms with Crippen LogP contribution in [0, 0.1) is 0 Å². The highest BCUT2D eigenvalue weighted by Crippen LogP contribution is 2.18. The summed E-state index contributed by atoms with van der Waals surface area (Å²) >= 11 is 1.57. The van der Waals surface area contributed by atoms with E-state index in [1.807, 2.05) is 37.3 Å². The molecule has 1 aromatic rings. The number of urea groups is 1. The molecule has 2 atom stereocenters. The summed E-state index contributed by atoms with van der Waals surface area (Å²) < 4.78 is 0. The van der Waals surface area contributed by atoms with Gasteiger partial charge in [0.25, 0.3) is 0 Å². The van der Waals surface area contributed by atoms with E-state index in [-0.39, 0.29) is 12.1 Å². The number of amides is 2. The molecule has 1 heterocycles. The number of nitrogens with zero attached hydrogens (tertiary/aromatic N) is 1. The number of carbonyl (C=O) groups is 2. The van der Waals surface area contributed by atoms with Gasteiger partial charge in [0.05, 0.1) is 6.04 Å². The lowest BCUT2D eigenvalue weighted by Crippen LogP contribution is -2.54. The predicted molar refractivity (Wildman–Crippen MR) is 78.8 cm³/mol. The fraction of sp³-hybridized carbons (Fsp3) is 0.429. The summed E-state index contributed by atoms with van der Waals surface area (Å²) in [4.78, 5) is 24.8.